The Morgan fingerprint density at radius 2 is 1.25 bits per heavy atom. The van der Waals surface area contributed by atoms with Crippen molar-refractivity contribution in [3.63, 3.8) is 0 Å². The van der Waals surface area contributed by atoms with Crippen LogP contribution in [0, 0.1) is 0 Å². The third kappa shape index (κ3) is 13.3. The number of hydrogen-bond acceptors (Lipinski definition) is 0. The maximum atomic E-state index is 2.30. The molecule has 0 aliphatic rings. The zero-order valence-corrected chi connectivity index (χ0v) is 5.35. The zero-order chi connectivity index (χ0) is 2.71. The molecule has 0 heterocycles. The summed E-state index contributed by atoms with van der Waals surface area (Å²) in [6.07, 6.45) is 0. The first kappa shape index (κ1) is 8.85. The molecule has 2 radical (unpaired) electrons. The molecule has 4 heavy (non-hydrogen) atoms. The van der Waals surface area contributed by atoms with E-state index < -0.39 is 0 Å². The van der Waals surface area contributed by atoms with Crippen molar-refractivity contribution in [1.29, 1.82) is 0 Å². The van der Waals surface area contributed by atoms with Crippen LogP contribution in [0.1, 0.15) is 0 Å². The zero-order valence-electron chi connectivity index (χ0n) is 2.50. The van der Waals surface area contributed by atoms with Gasteiger partial charge in [0.05, 0.1) is 8.41 Å². The molecule has 0 aliphatic heterocycles. The van der Waals surface area contributed by atoms with E-state index in [0.29, 0.717) is 0 Å². The van der Waals surface area contributed by atoms with E-state index in [1.165, 1.54) is 0 Å². The first-order chi connectivity index (χ1) is 1.41. The summed E-state index contributed by atoms with van der Waals surface area (Å²) in [5.74, 6) is 0. The van der Waals surface area contributed by atoms with Gasteiger partial charge in [-0.2, -0.15) is 0 Å². The summed E-state index contributed by atoms with van der Waals surface area (Å²) in [6.45, 7) is 0. The van der Waals surface area contributed by atoms with Gasteiger partial charge in [-0.1, -0.05) is 0 Å². The molecule has 0 unspecified atom stereocenters. The Labute approximate surface area is 39.8 Å². The number of rotatable bonds is 0. The SMILES string of the molecule is B.[CH3][Sn][CH3]. The van der Waals surface area contributed by atoms with E-state index >= 15 is 0 Å². The van der Waals surface area contributed by atoms with Gasteiger partial charge in [0.15, 0.2) is 0 Å². The van der Waals surface area contributed by atoms with Crippen LogP contribution < -0.4 is 0 Å². The van der Waals surface area contributed by atoms with Gasteiger partial charge in [-0.05, 0) is 0 Å². The van der Waals surface area contributed by atoms with Gasteiger partial charge in [0.1, 0.15) is 0 Å². The standard InChI is InChI=1S/2CH3.BH3.Sn/h3*1H3;. The Balaban J connectivity index is 0. The fourth-order valence-electron chi connectivity index (χ4n) is 0. The molecule has 0 aromatic carbocycles. The van der Waals surface area contributed by atoms with Crippen LogP contribution in [0.15, 0.2) is 0 Å². The van der Waals surface area contributed by atoms with Crippen molar-refractivity contribution < 1.29 is 0 Å². The van der Waals surface area contributed by atoms with Crippen molar-refractivity contribution in [3.8, 4) is 0 Å². The van der Waals surface area contributed by atoms with Gasteiger partial charge in [-0.25, -0.2) is 0 Å². The summed E-state index contributed by atoms with van der Waals surface area (Å²) in [7, 11) is 0. The molecule has 24 valence electrons. The second-order valence-electron chi connectivity index (χ2n) is 0.500. The van der Waals surface area contributed by atoms with E-state index in [4.69, 9.17) is 0 Å². The Kier molecular flexibility index (Phi) is 20.2. The van der Waals surface area contributed by atoms with Crippen LogP contribution in [0.4, 0.5) is 0 Å². The van der Waals surface area contributed by atoms with E-state index in [0.717, 1.165) is 0 Å². The Bertz CT molecular complexity index is 6.00. The molecule has 0 N–H and O–H groups in total. The third-order valence-corrected chi connectivity index (χ3v) is 0. The van der Waals surface area contributed by atoms with Crippen LogP contribution in [0.3, 0.4) is 0 Å². The second kappa shape index (κ2) is 9.12. The average Bonchev–Trinajstić information content (AvgIpc) is 0.918. The average molecular weight is 163 g/mol. The molecule has 0 fully saturated rings. The van der Waals surface area contributed by atoms with Crippen LogP contribution in [-0.4, -0.2) is 29.6 Å². The Hall–Kier alpha value is 0.864. The van der Waals surface area contributed by atoms with Crippen molar-refractivity contribution in [2.24, 2.45) is 0 Å². The summed E-state index contributed by atoms with van der Waals surface area (Å²) in [5, 5.41) is 0. The quantitative estimate of drug-likeness (QED) is 0.426. The molecule has 0 aromatic heterocycles. The molecule has 0 saturated carbocycles. The number of hydrogen-bond donors (Lipinski definition) is 0. The molecule has 0 saturated heterocycles. The summed E-state index contributed by atoms with van der Waals surface area (Å²) in [5.41, 5.74) is 0. The van der Waals surface area contributed by atoms with E-state index in [2.05, 4.69) is 9.88 Å². The summed E-state index contributed by atoms with van der Waals surface area (Å²) in [6, 6.07) is 0. The molecule has 2 heteroatoms. The molecule has 0 spiro atoms. The van der Waals surface area contributed by atoms with Crippen molar-refractivity contribution in [3.05, 3.63) is 0 Å². The predicted molar refractivity (Wildman–Crippen MR) is 27.4 cm³/mol. The fourth-order valence-corrected chi connectivity index (χ4v) is 0. The molecule has 0 aliphatic carbocycles. The molecule has 0 amide bonds. The van der Waals surface area contributed by atoms with Crippen molar-refractivity contribution in [1.82, 2.24) is 0 Å². The van der Waals surface area contributed by atoms with E-state index in [9.17, 15) is 0 Å². The van der Waals surface area contributed by atoms with Crippen LogP contribution in [0.25, 0.3) is 0 Å². The molecule has 0 nitrogen and oxygen atoms in total. The first-order valence-electron chi connectivity index (χ1n) is 1.00. The van der Waals surface area contributed by atoms with Crippen molar-refractivity contribution >= 4 is 29.6 Å². The van der Waals surface area contributed by atoms with Gasteiger partial charge in [0.25, 0.3) is 0 Å². The molecule has 0 atom stereocenters. The monoisotopic (exact) mass is 164 g/mol. The van der Waals surface area contributed by atoms with Crippen LogP contribution >= 0.6 is 0 Å². The topological polar surface area (TPSA) is 0 Å². The van der Waals surface area contributed by atoms with E-state index in [1.807, 2.05) is 0 Å². The Morgan fingerprint density at radius 3 is 1.25 bits per heavy atom. The van der Waals surface area contributed by atoms with E-state index in [-0.39, 0.29) is 29.6 Å². The van der Waals surface area contributed by atoms with Gasteiger partial charge < -0.3 is 0 Å². The minimum atomic E-state index is 0. The molecular weight excluding hydrogens is 154 g/mol. The summed E-state index contributed by atoms with van der Waals surface area (Å²) in [4.78, 5) is 4.59. The van der Waals surface area contributed by atoms with Crippen molar-refractivity contribution in [2.75, 3.05) is 0 Å². The predicted octanol–water partition coefficient (Wildman–Crippen LogP) is -0.397. The van der Waals surface area contributed by atoms with Gasteiger partial charge in [-0.3, -0.25) is 0 Å². The first-order valence-corrected chi connectivity index (χ1v) is 6.71. The normalized spacial score (nSPS) is 4.50. The van der Waals surface area contributed by atoms with Gasteiger partial charge in [0.2, 0.25) is 0 Å². The molecule has 0 aromatic rings. The molecule has 0 bridgehead atoms. The van der Waals surface area contributed by atoms with E-state index in [1.54, 1.807) is 0 Å². The maximum absolute atomic E-state index is 2.30. The van der Waals surface area contributed by atoms with Gasteiger partial charge in [0, 0.05) is 0 Å². The minimum absolute atomic E-state index is 0. The van der Waals surface area contributed by atoms with Crippen molar-refractivity contribution in [2.45, 2.75) is 9.88 Å². The van der Waals surface area contributed by atoms with Crippen LogP contribution in [0.2, 0.25) is 9.88 Å². The Morgan fingerprint density at radius 1 is 1.25 bits per heavy atom. The molecular formula is C2H9BSn. The van der Waals surface area contributed by atoms with Gasteiger partial charge in [-0.15, -0.1) is 0 Å². The van der Waals surface area contributed by atoms with Gasteiger partial charge >= 0.3 is 31.0 Å². The third-order valence-electron chi connectivity index (χ3n) is 0. The van der Waals surface area contributed by atoms with Crippen LogP contribution in [-0.2, 0) is 0 Å². The molecule has 0 rings (SSSR count). The fraction of sp³-hybridized carbons (Fsp3) is 1.00. The second-order valence-corrected chi connectivity index (χ2v) is 3.35. The summed E-state index contributed by atoms with van der Waals surface area (Å²) >= 11 is 0.230. The summed E-state index contributed by atoms with van der Waals surface area (Å²) < 4.78 is 0. The van der Waals surface area contributed by atoms with Crippen LogP contribution in [0.5, 0.6) is 0 Å².